The Morgan fingerprint density at radius 1 is 1.18 bits per heavy atom. The highest BCUT2D eigenvalue weighted by Gasteiger charge is 2.29. The zero-order valence-corrected chi connectivity index (χ0v) is 22.8. The predicted molar refractivity (Wildman–Crippen MR) is 140 cm³/mol. The maximum absolute atomic E-state index is 14.0. The lowest BCUT2D eigenvalue weighted by atomic mass is 10.1. The number of nitrogens with one attached hydrogen (secondary N) is 2. The Balaban J connectivity index is 2.19. The molecule has 0 unspecified atom stereocenters. The second-order valence-corrected chi connectivity index (χ2v) is 11.5. The van der Waals surface area contributed by atoms with Crippen LogP contribution in [0.5, 0.6) is 11.6 Å². The van der Waals surface area contributed by atoms with Gasteiger partial charge in [0, 0.05) is 22.7 Å². The van der Waals surface area contributed by atoms with Gasteiger partial charge in [-0.15, -0.1) is 0 Å². The number of ether oxygens (including phenoxy) is 1. The van der Waals surface area contributed by atoms with Crippen molar-refractivity contribution in [2.24, 2.45) is 5.92 Å². The van der Waals surface area contributed by atoms with E-state index >= 15 is 0 Å². The number of nitrogens with zero attached hydrogens (tertiary/aromatic N) is 2. The topological polar surface area (TPSA) is 140 Å². The van der Waals surface area contributed by atoms with Crippen LogP contribution in [0.1, 0.15) is 57.1 Å². The number of aromatic nitrogens is 2. The molecule has 1 aromatic heterocycles. The molecule has 0 aliphatic carbocycles. The summed E-state index contributed by atoms with van der Waals surface area (Å²) in [6.45, 7) is 10.1. The van der Waals surface area contributed by atoms with Gasteiger partial charge < -0.3 is 15.2 Å². The first-order chi connectivity index (χ1) is 17.6. The van der Waals surface area contributed by atoms with E-state index in [1.807, 2.05) is 6.92 Å². The molecule has 2 aromatic carbocycles. The summed E-state index contributed by atoms with van der Waals surface area (Å²) in [5, 5.41) is 16.4. The molecular formula is C26H31FN4O6S. The van der Waals surface area contributed by atoms with Crippen LogP contribution in [0.25, 0.3) is 5.69 Å². The standard InChI is InChI=1S/C26H31FN4O6S/c1-7-15(2)23(32)28-18-11-12-20(21(14-18)38(35,36)30-26(4,5)6)37-24-16(3)22(25(33)34)29-31(24)19-10-8-9-17(27)13-19/h8-15,30H,7H2,1-6H3,(H,28,32)(H,33,34)/t15-/m1/s1. The summed E-state index contributed by atoms with van der Waals surface area (Å²) in [5.41, 5.74) is -0.687. The van der Waals surface area contributed by atoms with E-state index in [-0.39, 0.29) is 51.0 Å². The molecule has 0 aliphatic rings. The predicted octanol–water partition coefficient (Wildman–Crippen LogP) is 4.87. The van der Waals surface area contributed by atoms with Crippen LogP contribution in [0.3, 0.4) is 0 Å². The van der Waals surface area contributed by atoms with Crippen molar-refractivity contribution in [3.8, 4) is 17.3 Å². The minimum absolute atomic E-state index is 0.100. The Morgan fingerprint density at radius 3 is 2.45 bits per heavy atom. The maximum Gasteiger partial charge on any atom is 0.356 e. The van der Waals surface area contributed by atoms with Crippen molar-refractivity contribution in [1.29, 1.82) is 0 Å². The van der Waals surface area contributed by atoms with Gasteiger partial charge in [0.25, 0.3) is 0 Å². The highest BCUT2D eigenvalue weighted by molar-refractivity contribution is 7.89. The summed E-state index contributed by atoms with van der Waals surface area (Å²) in [6.07, 6.45) is 0.596. The van der Waals surface area contributed by atoms with Gasteiger partial charge in [-0.25, -0.2) is 22.3 Å². The number of hydrogen-bond donors (Lipinski definition) is 3. The van der Waals surface area contributed by atoms with Crippen molar-refractivity contribution in [1.82, 2.24) is 14.5 Å². The van der Waals surface area contributed by atoms with Gasteiger partial charge in [-0.1, -0.05) is 19.9 Å². The molecule has 1 atom stereocenters. The number of rotatable bonds is 9. The minimum atomic E-state index is -4.19. The molecule has 1 heterocycles. The van der Waals surface area contributed by atoms with Gasteiger partial charge in [0.05, 0.1) is 5.69 Å². The van der Waals surface area contributed by atoms with Gasteiger partial charge in [0.2, 0.25) is 21.8 Å². The van der Waals surface area contributed by atoms with Crippen LogP contribution < -0.4 is 14.8 Å². The number of benzene rings is 2. The van der Waals surface area contributed by atoms with Crippen molar-refractivity contribution in [3.63, 3.8) is 0 Å². The summed E-state index contributed by atoms with van der Waals surface area (Å²) in [7, 11) is -4.19. The summed E-state index contributed by atoms with van der Waals surface area (Å²) in [6, 6.07) is 9.36. The first kappa shape index (κ1) is 28.8. The molecule has 0 fully saturated rings. The number of carboxylic acid groups (broad SMARTS) is 1. The lowest BCUT2D eigenvalue weighted by Gasteiger charge is -2.22. The fraction of sp³-hybridized carbons (Fsp3) is 0.346. The van der Waals surface area contributed by atoms with E-state index in [9.17, 15) is 27.5 Å². The Labute approximate surface area is 220 Å². The second kappa shape index (κ2) is 10.9. The number of amides is 1. The quantitative estimate of drug-likeness (QED) is 0.348. The first-order valence-electron chi connectivity index (χ1n) is 11.9. The fourth-order valence-corrected chi connectivity index (χ4v) is 5.05. The third kappa shape index (κ3) is 6.56. The van der Waals surface area contributed by atoms with Crippen LogP contribution in [-0.2, 0) is 14.8 Å². The lowest BCUT2D eigenvalue weighted by Crippen LogP contribution is -2.40. The number of carbonyl (C=O) groups excluding carboxylic acids is 1. The van der Waals surface area contributed by atoms with Gasteiger partial charge in [-0.2, -0.15) is 9.78 Å². The van der Waals surface area contributed by atoms with Crippen molar-refractivity contribution in [2.45, 2.75) is 58.4 Å². The van der Waals surface area contributed by atoms with Crippen molar-refractivity contribution in [3.05, 3.63) is 59.5 Å². The molecule has 204 valence electrons. The fourth-order valence-electron chi connectivity index (χ4n) is 3.48. The Hall–Kier alpha value is -3.77. The zero-order chi connectivity index (χ0) is 28.4. The number of anilines is 1. The number of aromatic carboxylic acids is 1. The molecule has 0 saturated heterocycles. The third-order valence-corrected chi connectivity index (χ3v) is 7.31. The number of halogens is 1. The highest BCUT2D eigenvalue weighted by Crippen LogP contribution is 2.36. The monoisotopic (exact) mass is 546 g/mol. The molecule has 0 spiro atoms. The Morgan fingerprint density at radius 2 is 1.87 bits per heavy atom. The molecular weight excluding hydrogens is 515 g/mol. The number of carbonyl (C=O) groups is 2. The van der Waals surface area contributed by atoms with Crippen molar-refractivity contribution < 1.29 is 32.2 Å². The number of sulfonamides is 1. The van der Waals surface area contributed by atoms with Gasteiger partial charge >= 0.3 is 5.97 Å². The molecule has 0 radical (unpaired) electrons. The second-order valence-electron chi connectivity index (χ2n) is 9.89. The minimum Gasteiger partial charge on any atom is -0.476 e. The molecule has 0 aliphatic heterocycles. The molecule has 38 heavy (non-hydrogen) atoms. The highest BCUT2D eigenvalue weighted by atomic mass is 32.2. The molecule has 3 N–H and O–H groups in total. The van der Waals surface area contributed by atoms with E-state index in [4.69, 9.17) is 4.74 Å². The first-order valence-corrected chi connectivity index (χ1v) is 13.4. The van der Waals surface area contributed by atoms with E-state index in [1.54, 1.807) is 27.7 Å². The summed E-state index contributed by atoms with van der Waals surface area (Å²) in [5.74, 6) is -2.77. The van der Waals surface area contributed by atoms with Gasteiger partial charge in [0.15, 0.2) is 5.69 Å². The van der Waals surface area contributed by atoms with Crippen LogP contribution in [0, 0.1) is 18.7 Å². The smallest absolute Gasteiger partial charge is 0.356 e. The molecule has 12 heteroatoms. The largest absolute Gasteiger partial charge is 0.476 e. The van der Waals surface area contributed by atoms with Crippen LogP contribution in [-0.4, -0.2) is 40.7 Å². The van der Waals surface area contributed by atoms with Gasteiger partial charge in [0.1, 0.15) is 16.5 Å². The third-order valence-electron chi connectivity index (χ3n) is 5.53. The van der Waals surface area contributed by atoms with E-state index in [1.165, 1.54) is 43.3 Å². The van der Waals surface area contributed by atoms with Gasteiger partial charge in [-0.05, 0) is 70.5 Å². The Kier molecular flexibility index (Phi) is 8.27. The molecule has 3 aromatic rings. The summed E-state index contributed by atoms with van der Waals surface area (Å²) < 4.78 is 50.5. The zero-order valence-electron chi connectivity index (χ0n) is 22.0. The van der Waals surface area contributed by atoms with Crippen LogP contribution in [0.15, 0.2) is 47.4 Å². The normalized spacial score (nSPS) is 12.7. The molecule has 3 rings (SSSR count). The lowest BCUT2D eigenvalue weighted by molar-refractivity contribution is -0.119. The SMILES string of the molecule is CC[C@@H](C)C(=O)Nc1ccc(Oc2c(C)c(C(=O)O)nn2-c2cccc(F)c2)c(S(=O)(=O)NC(C)(C)C)c1. The Bertz CT molecular complexity index is 1480. The van der Waals surface area contributed by atoms with Crippen LogP contribution in [0.4, 0.5) is 10.1 Å². The molecule has 0 saturated carbocycles. The average molecular weight is 547 g/mol. The van der Waals surface area contributed by atoms with Crippen molar-refractivity contribution >= 4 is 27.6 Å². The maximum atomic E-state index is 14.0. The van der Waals surface area contributed by atoms with E-state index in [2.05, 4.69) is 15.1 Å². The van der Waals surface area contributed by atoms with Gasteiger partial charge in [-0.3, -0.25) is 4.79 Å². The molecule has 0 bridgehead atoms. The summed E-state index contributed by atoms with van der Waals surface area (Å²) in [4.78, 5) is 23.9. The van der Waals surface area contributed by atoms with Crippen LogP contribution in [0.2, 0.25) is 0 Å². The molecule has 10 nitrogen and oxygen atoms in total. The van der Waals surface area contributed by atoms with E-state index in [0.717, 1.165) is 10.7 Å². The van der Waals surface area contributed by atoms with E-state index in [0.29, 0.717) is 6.42 Å². The van der Waals surface area contributed by atoms with Crippen LogP contribution >= 0.6 is 0 Å². The number of hydrogen-bond acceptors (Lipinski definition) is 6. The summed E-state index contributed by atoms with van der Waals surface area (Å²) >= 11 is 0. The molecule has 1 amide bonds. The number of carboxylic acids is 1. The van der Waals surface area contributed by atoms with Crippen molar-refractivity contribution in [2.75, 3.05) is 5.32 Å². The van der Waals surface area contributed by atoms with E-state index < -0.39 is 27.3 Å². The average Bonchev–Trinajstić information content (AvgIpc) is 3.14.